The molecule has 8 atom stereocenters. The zero-order chi connectivity index (χ0) is 23.2. The van der Waals surface area contributed by atoms with Crippen LogP contribution in [0.2, 0.25) is 5.02 Å². The van der Waals surface area contributed by atoms with Crippen LogP contribution in [0.5, 0.6) is 0 Å². The quantitative estimate of drug-likeness (QED) is 0.351. The Kier molecular flexibility index (Phi) is 6.68. The highest BCUT2D eigenvalue weighted by Gasteiger charge is 2.59. The van der Waals surface area contributed by atoms with Crippen molar-refractivity contribution in [1.82, 2.24) is 25.8 Å². The van der Waals surface area contributed by atoms with Gasteiger partial charge in [0.1, 0.15) is 30.1 Å². The summed E-state index contributed by atoms with van der Waals surface area (Å²) in [5.41, 5.74) is -1.13. The summed E-state index contributed by atoms with van der Waals surface area (Å²) in [5.74, 6) is 0.0358. The summed E-state index contributed by atoms with van der Waals surface area (Å²) in [7, 11) is 3.37. The Morgan fingerprint density at radius 3 is 2.69 bits per heavy atom. The van der Waals surface area contributed by atoms with Crippen molar-refractivity contribution < 1.29 is 24.9 Å². The maximum Gasteiger partial charge on any atom is 0.318 e. The second-order valence-electron chi connectivity index (χ2n) is 9.16. The number of carbonyl (C=O) groups excluding carboxylic acids is 1. The molecule has 3 aliphatic rings. The molecule has 0 radical (unpaired) electrons. The Hall–Kier alpha value is -1.50. The third kappa shape index (κ3) is 4.22. The van der Waals surface area contributed by atoms with E-state index >= 15 is 0 Å². The summed E-state index contributed by atoms with van der Waals surface area (Å²) in [5, 5.41) is 43.2. The number of likely N-dealkylation sites (tertiary alicyclic amines) is 1. The molecule has 0 spiro atoms. The zero-order valence-electron chi connectivity index (χ0n) is 18.4. The van der Waals surface area contributed by atoms with E-state index in [9.17, 15) is 20.1 Å². The number of carbonyl (C=O) groups is 1. The number of nitrogens with zero attached hydrogens (tertiary/aromatic N) is 2. The summed E-state index contributed by atoms with van der Waals surface area (Å²) in [6, 6.07) is 6.47. The molecular formula is C21H32ClN5O5. The molecule has 3 saturated heterocycles. The third-order valence-electron chi connectivity index (χ3n) is 6.79. The van der Waals surface area contributed by atoms with Gasteiger partial charge in [-0.3, -0.25) is 15.5 Å². The molecule has 178 valence electrons. The molecule has 0 aliphatic carbocycles. The Morgan fingerprint density at radius 2 is 2.03 bits per heavy atom. The van der Waals surface area contributed by atoms with Crippen molar-refractivity contribution >= 4 is 17.6 Å². The molecule has 11 heteroatoms. The summed E-state index contributed by atoms with van der Waals surface area (Å²) in [6.45, 7) is 2.54. The Morgan fingerprint density at radius 1 is 1.34 bits per heavy atom. The van der Waals surface area contributed by atoms with E-state index in [1.807, 2.05) is 4.90 Å². The average Bonchev–Trinajstić information content (AvgIpc) is 3.27. The van der Waals surface area contributed by atoms with Gasteiger partial charge in [-0.15, -0.1) is 0 Å². The fraction of sp³-hybridized carbons (Fsp3) is 0.667. The maximum atomic E-state index is 12.2. The Balaban J connectivity index is 1.50. The maximum absolute atomic E-state index is 12.2. The van der Waals surface area contributed by atoms with Gasteiger partial charge < -0.3 is 30.3 Å². The van der Waals surface area contributed by atoms with Crippen LogP contribution in [-0.2, 0) is 4.74 Å². The van der Waals surface area contributed by atoms with Gasteiger partial charge in [0, 0.05) is 38.2 Å². The van der Waals surface area contributed by atoms with E-state index in [1.54, 1.807) is 38.4 Å². The number of urea groups is 1. The minimum absolute atomic E-state index is 0.0358. The second kappa shape index (κ2) is 9.03. The van der Waals surface area contributed by atoms with Crippen molar-refractivity contribution in [2.45, 2.75) is 55.8 Å². The minimum atomic E-state index is -1.67. The monoisotopic (exact) mass is 469 g/mol. The van der Waals surface area contributed by atoms with Crippen LogP contribution in [0.3, 0.4) is 0 Å². The second-order valence-corrected chi connectivity index (χ2v) is 9.59. The largest absolute Gasteiger partial charge is 0.386 e. The Labute approximate surface area is 192 Å². The molecule has 3 fully saturated rings. The van der Waals surface area contributed by atoms with Crippen LogP contribution in [-0.4, -0.2) is 94.8 Å². The number of nitrogens with one attached hydrogen (secondary N) is 3. The van der Waals surface area contributed by atoms with Crippen molar-refractivity contribution in [1.29, 1.82) is 0 Å². The number of fused-ring (bicyclic) bond motifs is 1. The van der Waals surface area contributed by atoms with Gasteiger partial charge in [0.25, 0.3) is 0 Å². The van der Waals surface area contributed by atoms with Crippen molar-refractivity contribution in [2.24, 2.45) is 5.92 Å². The highest BCUT2D eigenvalue weighted by Crippen LogP contribution is 2.42. The smallest absolute Gasteiger partial charge is 0.318 e. The summed E-state index contributed by atoms with van der Waals surface area (Å²) >= 11 is 5.94. The lowest BCUT2D eigenvalue weighted by Crippen LogP contribution is -2.66. The molecule has 0 saturated carbocycles. The number of halogens is 1. The summed E-state index contributed by atoms with van der Waals surface area (Å²) in [4.78, 5) is 15.6. The molecule has 1 aromatic rings. The van der Waals surface area contributed by atoms with Crippen molar-refractivity contribution in [3.63, 3.8) is 0 Å². The standard InChI is InChI=1S/C21H32ClN5O5/c1-21(31)15(29)19(32-16(21)14(28)11-4-6-12(22)7-5-11)27-9-8-13-17(23-10-24-18(13)27)25-20(30)26(2)3/h4-7,13-19,23-24,28-29,31H,8-10H2,1-3H3,(H,25,30)/t13?,14-,15+,16-,17?,18?,19-,21+/m1/s1. The van der Waals surface area contributed by atoms with Gasteiger partial charge >= 0.3 is 6.03 Å². The number of amides is 2. The lowest BCUT2D eigenvalue weighted by molar-refractivity contribution is -0.133. The molecule has 3 heterocycles. The van der Waals surface area contributed by atoms with E-state index in [1.165, 1.54) is 11.8 Å². The highest BCUT2D eigenvalue weighted by molar-refractivity contribution is 6.30. The number of aliphatic hydroxyl groups excluding tert-OH is 2. The third-order valence-corrected chi connectivity index (χ3v) is 7.04. The van der Waals surface area contributed by atoms with Crippen LogP contribution >= 0.6 is 11.6 Å². The zero-order valence-corrected chi connectivity index (χ0v) is 19.2. The molecule has 32 heavy (non-hydrogen) atoms. The van der Waals surface area contributed by atoms with Gasteiger partial charge in [-0.2, -0.15) is 0 Å². The van der Waals surface area contributed by atoms with E-state index in [2.05, 4.69) is 16.0 Å². The first-order valence-corrected chi connectivity index (χ1v) is 11.2. The lowest BCUT2D eigenvalue weighted by atomic mass is 9.88. The molecule has 10 nitrogen and oxygen atoms in total. The molecule has 3 aliphatic heterocycles. The van der Waals surface area contributed by atoms with Crippen LogP contribution < -0.4 is 16.0 Å². The number of rotatable bonds is 4. The molecular weight excluding hydrogens is 438 g/mol. The van der Waals surface area contributed by atoms with Crippen molar-refractivity contribution in [2.75, 3.05) is 27.3 Å². The van der Waals surface area contributed by atoms with Crippen molar-refractivity contribution in [3.05, 3.63) is 34.9 Å². The van der Waals surface area contributed by atoms with E-state index in [0.29, 0.717) is 23.8 Å². The van der Waals surface area contributed by atoms with Crippen LogP contribution in [0.25, 0.3) is 0 Å². The molecule has 4 rings (SSSR count). The fourth-order valence-corrected chi connectivity index (χ4v) is 5.02. The van der Waals surface area contributed by atoms with Gasteiger partial charge in [0.2, 0.25) is 0 Å². The molecule has 0 bridgehead atoms. The van der Waals surface area contributed by atoms with Gasteiger partial charge in [0.15, 0.2) is 0 Å². The summed E-state index contributed by atoms with van der Waals surface area (Å²) in [6.07, 6.45) is -3.90. The summed E-state index contributed by atoms with van der Waals surface area (Å²) < 4.78 is 6.11. The van der Waals surface area contributed by atoms with Gasteiger partial charge in [0.05, 0.1) is 12.3 Å². The first kappa shape index (κ1) is 23.7. The van der Waals surface area contributed by atoms with Crippen LogP contribution in [0.1, 0.15) is 25.0 Å². The van der Waals surface area contributed by atoms with Crippen LogP contribution in [0, 0.1) is 5.92 Å². The molecule has 6 N–H and O–H groups in total. The predicted octanol–water partition coefficient (Wildman–Crippen LogP) is -0.394. The lowest BCUT2D eigenvalue weighted by Gasteiger charge is -2.41. The normalized spacial score (nSPS) is 38.3. The fourth-order valence-electron chi connectivity index (χ4n) is 4.90. The predicted molar refractivity (Wildman–Crippen MR) is 117 cm³/mol. The van der Waals surface area contributed by atoms with Gasteiger partial charge in [-0.05, 0) is 31.0 Å². The first-order chi connectivity index (χ1) is 15.1. The molecule has 2 amide bonds. The van der Waals surface area contributed by atoms with Gasteiger partial charge in [-0.25, -0.2) is 4.79 Å². The molecule has 3 unspecified atom stereocenters. The highest BCUT2D eigenvalue weighted by atomic mass is 35.5. The first-order valence-electron chi connectivity index (χ1n) is 10.8. The number of ether oxygens (including phenoxy) is 1. The minimum Gasteiger partial charge on any atom is -0.386 e. The SMILES string of the molecule is CN(C)C(=O)NC1NCNC2C1CCN2[C@@H]1O[C@H]([C@H](O)c2ccc(Cl)cc2)[C@@](C)(O)[C@H]1O. The van der Waals surface area contributed by atoms with Gasteiger partial charge in [-0.1, -0.05) is 23.7 Å². The number of benzene rings is 1. The van der Waals surface area contributed by atoms with E-state index in [-0.39, 0.29) is 24.3 Å². The topological polar surface area (TPSA) is 130 Å². The number of hydrogen-bond acceptors (Lipinski definition) is 8. The van der Waals surface area contributed by atoms with Crippen LogP contribution in [0.4, 0.5) is 4.79 Å². The van der Waals surface area contributed by atoms with E-state index in [0.717, 1.165) is 6.42 Å². The Bertz CT molecular complexity index is 825. The van der Waals surface area contributed by atoms with E-state index < -0.39 is 30.1 Å². The van der Waals surface area contributed by atoms with Crippen molar-refractivity contribution in [3.8, 4) is 0 Å². The van der Waals surface area contributed by atoms with Crippen LogP contribution in [0.15, 0.2) is 24.3 Å². The average molecular weight is 470 g/mol. The van der Waals surface area contributed by atoms with E-state index in [4.69, 9.17) is 16.3 Å². The molecule has 0 aromatic heterocycles. The number of aliphatic hydroxyl groups is 3. The number of hydrogen-bond donors (Lipinski definition) is 6. The molecule has 1 aromatic carbocycles.